The number of H-pyrrole nitrogens is 1. The molecular formula is C26H24N4O5. The molecule has 0 spiro atoms. The zero-order valence-corrected chi connectivity index (χ0v) is 18.7. The minimum atomic E-state index is -1.23. The van der Waals surface area contributed by atoms with Crippen LogP contribution in [0.3, 0.4) is 0 Å². The summed E-state index contributed by atoms with van der Waals surface area (Å²) in [5.41, 5.74) is 4.85. The van der Waals surface area contributed by atoms with Crippen molar-refractivity contribution in [3.63, 3.8) is 0 Å². The highest BCUT2D eigenvalue weighted by Gasteiger charge is 2.30. The van der Waals surface area contributed by atoms with Crippen LogP contribution in [-0.4, -0.2) is 51.7 Å². The molecule has 0 saturated carbocycles. The predicted octanol–water partition coefficient (Wildman–Crippen LogP) is 2.45. The van der Waals surface area contributed by atoms with Crippen LogP contribution in [0.25, 0.3) is 11.1 Å². The van der Waals surface area contributed by atoms with Crippen LogP contribution >= 0.6 is 0 Å². The lowest BCUT2D eigenvalue weighted by molar-refractivity contribution is -0.142. The molecule has 1 unspecified atom stereocenters. The largest absolute Gasteiger partial charge is 0.480 e. The van der Waals surface area contributed by atoms with Crippen LogP contribution in [0.2, 0.25) is 0 Å². The van der Waals surface area contributed by atoms with Crippen LogP contribution in [0.15, 0.2) is 61.1 Å². The predicted molar refractivity (Wildman–Crippen MR) is 127 cm³/mol. The number of aliphatic carboxylic acids is 1. The molecule has 9 nitrogen and oxygen atoms in total. The van der Waals surface area contributed by atoms with E-state index in [4.69, 9.17) is 11.2 Å². The van der Waals surface area contributed by atoms with Crippen LogP contribution in [-0.2, 0) is 20.7 Å². The average molecular weight is 473 g/mol. The van der Waals surface area contributed by atoms with E-state index in [9.17, 15) is 19.5 Å². The maximum Gasteiger partial charge on any atom is 0.407 e. The molecule has 3 aromatic rings. The average Bonchev–Trinajstić information content (AvgIpc) is 3.48. The second-order valence-corrected chi connectivity index (χ2v) is 8.11. The Morgan fingerprint density at radius 3 is 2.29 bits per heavy atom. The Morgan fingerprint density at radius 1 is 1.06 bits per heavy atom. The number of benzene rings is 2. The molecule has 35 heavy (non-hydrogen) atoms. The summed E-state index contributed by atoms with van der Waals surface area (Å²) in [4.78, 5) is 43.6. The third kappa shape index (κ3) is 5.33. The van der Waals surface area contributed by atoms with E-state index in [1.165, 1.54) is 12.5 Å². The van der Waals surface area contributed by atoms with Gasteiger partial charge in [0, 0.05) is 30.7 Å². The number of hydrogen-bond donors (Lipinski definition) is 4. The lowest BCUT2D eigenvalue weighted by Gasteiger charge is -2.20. The number of carbonyl (C=O) groups excluding carboxylic acids is 2. The number of rotatable bonds is 9. The molecule has 0 aliphatic heterocycles. The number of carbonyl (C=O) groups is 3. The molecule has 1 aromatic heterocycles. The number of hydrogen-bond acceptors (Lipinski definition) is 5. The minimum Gasteiger partial charge on any atom is -0.480 e. The smallest absolute Gasteiger partial charge is 0.407 e. The highest BCUT2D eigenvalue weighted by Crippen LogP contribution is 2.44. The van der Waals surface area contributed by atoms with Gasteiger partial charge in [0.1, 0.15) is 18.7 Å². The topological polar surface area (TPSA) is 133 Å². The molecule has 1 aliphatic rings. The number of aromatic nitrogens is 2. The fourth-order valence-corrected chi connectivity index (χ4v) is 4.20. The molecule has 2 amide bonds. The number of nitrogens with zero attached hydrogens (tertiary/aromatic N) is 1. The van der Waals surface area contributed by atoms with Gasteiger partial charge in [-0.2, -0.15) is 0 Å². The molecule has 2 aromatic carbocycles. The van der Waals surface area contributed by atoms with Gasteiger partial charge in [0.2, 0.25) is 5.91 Å². The van der Waals surface area contributed by atoms with Crippen molar-refractivity contribution >= 4 is 18.0 Å². The van der Waals surface area contributed by atoms with Crippen LogP contribution in [0.5, 0.6) is 0 Å². The molecule has 4 rings (SSSR count). The fourth-order valence-electron chi connectivity index (χ4n) is 4.20. The number of fused-ring (bicyclic) bond motifs is 3. The van der Waals surface area contributed by atoms with E-state index in [2.05, 4.69) is 26.5 Å². The molecule has 2 atom stereocenters. The van der Waals surface area contributed by atoms with Crippen LogP contribution in [0.4, 0.5) is 4.79 Å². The Hall–Kier alpha value is -4.58. The number of ether oxygens (including phenoxy) is 1. The molecular weight excluding hydrogens is 448 g/mol. The Morgan fingerprint density at radius 2 is 1.71 bits per heavy atom. The van der Waals surface area contributed by atoms with Crippen molar-refractivity contribution < 1.29 is 24.2 Å². The number of terminal acetylenes is 1. The maximum atomic E-state index is 12.7. The summed E-state index contributed by atoms with van der Waals surface area (Å²) in [6.07, 6.45) is 7.30. The van der Waals surface area contributed by atoms with Crippen molar-refractivity contribution in [3.05, 3.63) is 77.9 Å². The monoisotopic (exact) mass is 472 g/mol. The summed E-state index contributed by atoms with van der Waals surface area (Å²) in [6.45, 7) is 0.0713. The summed E-state index contributed by atoms with van der Waals surface area (Å²) in [5.74, 6) is 0.243. The lowest BCUT2D eigenvalue weighted by Crippen LogP contribution is -2.52. The van der Waals surface area contributed by atoms with E-state index < -0.39 is 30.1 Å². The molecule has 0 fully saturated rings. The zero-order valence-electron chi connectivity index (χ0n) is 18.7. The van der Waals surface area contributed by atoms with Gasteiger partial charge in [-0.05, 0) is 22.3 Å². The van der Waals surface area contributed by atoms with Crippen molar-refractivity contribution in [3.8, 4) is 23.5 Å². The summed E-state index contributed by atoms with van der Waals surface area (Å²) >= 11 is 0. The van der Waals surface area contributed by atoms with Crippen LogP contribution in [0, 0.1) is 12.3 Å². The Kier molecular flexibility index (Phi) is 7.12. The molecule has 1 aliphatic carbocycles. The number of imidazole rings is 1. The summed E-state index contributed by atoms with van der Waals surface area (Å²) < 4.78 is 5.48. The molecule has 0 saturated heterocycles. The van der Waals surface area contributed by atoms with E-state index in [-0.39, 0.29) is 25.4 Å². The Balaban J connectivity index is 1.39. The number of carboxylic acid groups (broad SMARTS) is 1. The van der Waals surface area contributed by atoms with Gasteiger partial charge in [-0.25, -0.2) is 14.6 Å². The lowest BCUT2D eigenvalue weighted by atomic mass is 9.98. The summed E-state index contributed by atoms with van der Waals surface area (Å²) in [6, 6.07) is 13.5. The first kappa shape index (κ1) is 23.6. The molecule has 9 heteroatoms. The SMILES string of the molecule is C#CCC(NC(=O)OCC1c2ccccc2-c2ccccc21)C(=O)N[C@@H](Cc1cnc[nH]1)C(=O)O. The molecule has 178 valence electrons. The van der Waals surface area contributed by atoms with E-state index in [1.54, 1.807) is 0 Å². The summed E-state index contributed by atoms with van der Waals surface area (Å²) in [7, 11) is 0. The quantitative estimate of drug-likeness (QED) is 0.354. The molecule has 1 heterocycles. The van der Waals surface area contributed by atoms with Gasteiger partial charge in [0.15, 0.2) is 0 Å². The van der Waals surface area contributed by atoms with E-state index in [0.29, 0.717) is 5.69 Å². The van der Waals surface area contributed by atoms with Crippen molar-refractivity contribution in [1.29, 1.82) is 0 Å². The third-order valence-electron chi connectivity index (χ3n) is 5.87. The molecule has 4 N–H and O–H groups in total. The number of carboxylic acids is 1. The normalized spacial score (nSPS) is 13.6. The van der Waals surface area contributed by atoms with Crippen molar-refractivity contribution in [2.45, 2.75) is 30.8 Å². The number of aromatic amines is 1. The number of amides is 2. The van der Waals surface area contributed by atoms with Crippen LogP contribution < -0.4 is 10.6 Å². The van der Waals surface area contributed by atoms with Crippen molar-refractivity contribution in [2.24, 2.45) is 0 Å². The Bertz CT molecular complexity index is 1220. The van der Waals surface area contributed by atoms with E-state index in [0.717, 1.165) is 22.3 Å². The number of nitrogens with one attached hydrogen (secondary N) is 3. The second kappa shape index (κ2) is 10.6. The first-order chi connectivity index (χ1) is 17.0. The van der Waals surface area contributed by atoms with Gasteiger partial charge < -0.3 is 25.5 Å². The van der Waals surface area contributed by atoms with Crippen LogP contribution in [0.1, 0.15) is 29.2 Å². The third-order valence-corrected chi connectivity index (χ3v) is 5.87. The summed E-state index contributed by atoms with van der Waals surface area (Å²) in [5, 5.41) is 14.4. The minimum absolute atomic E-state index is 0.00517. The van der Waals surface area contributed by atoms with Gasteiger partial charge >= 0.3 is 12.1 Å². The van der Waals surface area contributed by atoms with E-state index >= 15 is 0 Å². The second-order valence-electron chi connectivity index (χ2n) is 8.11. The van der Waals surface area contributed by atoms with Gasteiger partial charge in [-0.3, -0.25) is 4.79 Å². The molecule has 0 bridgehead atoms. The van der Waals surface area contributed by atoms with Gasteiger partial charge in [-0.1, -0.05) is 48.5 Å². The highest BCUT2D eigenvalue weighted by molar-refractivity contribution is 5.89. The van der Waals surface area contributed by atoms with Crippen molar-refractivity contribution in [1.82, 2.24) is 20.6 Å². The maximum absolute atomic E-state index is 12.7. The zero-order chi connectivity index (χ0) is 24.8. The first-order valence-electron chi connectivity index (χ1n) is 11.0. The van der Waals surface area contributed by atoms with Gasteiger partial charge in [0.25, 0.3) is 0 Å². The molecule has 0 radical (unpaired) electrons. The van der Waals surface area contributed by atoms with Gasteiger partial charge in [0.05, 0.1) is 6.33 Å². The first-order valence-corrected chi connectivity index (χ1v) is 11.0. The van der Waals surface area contributed by atoms with Crippen molar-refractivity contribution in [2.75, 3.05) is 6.61 Å². The fraction of sp³-hybridized carbons (Fsp3) is 0.231. The number of alkyl carbamates (subject to hydrolysis) is 1. The highest BCUT2D eigenvalue weighted by atomic mass is 16.5. The van der Waals surface area contributed by atoms with E-state index in [1.807, 2.05) is 48.5 Å². The van der Waals surface area contributed by atoms with Gasteiger partial charge in [-0.15, -0.1) is 12.3 Å². The standard InChI is InChI=1S/C26H24N4O5/c1-2-7-22(24(31)29-23(25(32)33)12-16-13-27-15-28-16)30-26(34)35-14-21-19-10-5-3-8-17(19)18-9-4-6-11-20(18)21/h1,3-6,8-11,13,15,21-23H,7,12,14H2,(H,27,28)(H,29,31)(H,30,34)(H,32,33)/t22?,23-/m0/s1. The Labute approximate surface area is 201 Å².